The molecule has 0 aliphatic carbocycles. The van der Waals surface area contributed by atoms with Gasteiger partial charge >= 0.3 is 0 Å². The van der Waals surface area contributed by atoms with Gasteiger partial charge < -0.3 is 0 Å². The zero-order chi connectivity index (χ0) is 14.8. The SMILES string of the molecule is CCc1nc(NS(=O)(=O)c2ccc(CBr)cc2)sc1C. The molecule has 0 aliphatic heterocycles. The van der Waals surface area contributed by atoms with E-state index in [1.807, 2.05) is 13.8 Å². The molecule has 0 radical (unpaired) electrons. The second-order valence-corrected chi connectivity index (χ2v) is 7.70. The van der Waals surface area contributed by atoms with Crippen molar-refractivity contribution in [3.63, 3.8) is 0 Å². The number of thiazole rings is 1. The van der Waals surface area contributed by atoms with E-state index in [9.17, 15) is 8.42 Å². The predicted octanol–water partition coefficient (Wildman–Crippen LogP) is 3.71. The third-order valence-corrected chi connectivity index (χ3v) is 5.90. The second-order valence-electron chi connectivity index (χ2n) is 4.26. The molecule has 108 valence electrons. The van der Waals surface area contributed by atoms with Gasteiger partial charge in [-0.3, -0.25) is 4.72 Å². The summed E-state index contributed by atoms with van der Waals surface area (Å²) >= 11 is 4.69. The predicted molar refractivity (Wildman–Crippen MR) is 86.1 cm³/mol. The van der Waals surface area contributed by atoms with Gasteiger partial charge in [-0.15, -0.1) is 11.3 Å². The first-order valence-corrected chi connectivity index (χ1v) is 9.52. The van der Waals surface area contributed by atoms with Crippen LogP contribution in [0.15, 0.2) is 29.2 Å². The first-order chi connectivity index (χ1) is 9.46. The minimum atomic E-state index is -3.57. The molecule has 4 nitrogen and oxygen atoms in total. The van der Waals surface area contributed by atoms with E-state index in [0.717, 1.165) is 22.6 Å². The van der Waals surface area contributed by atoms with Crippen molar-refractivity contribution in [1.82, 2.24) is 4.98 Å². The third-order valence-electron chi connectivity index (χ3n) is 2.84. The van der Waals surface area contributed by atoms with Crippen LogP contribution >= 0.6 is 27.3 Å². The van der Waals surface area contributed by atoms with E-state index in [1.54, 1.807) is 24.3 Å². The Morgan fingerprint density at radius 2 is 1.95 bits per heavy atom. The van der Waals surface area contributed by atoms with E-state index >= 15 is 0 Å². The van der Waals surface area contributed by atoms with Crippen molar-refractivity contribution in [2.75, 3.05) is 4.72 Å². The molecule has 1 N–H and O–H groups in total. The van der Waals surface area contributed by atoms with Crippen molar-refractivity contribution in [3.05, 3.63) is 40.4 Å². The van der Waals surface area contributed by atoms with Crippen molar-refractivity contribution in [2.45, 2.75) is 30.5 Å². The van der Waals surface area contributed by atoms with Crippen LogP contribution in [0, 0.1) is 6.92 Å². The molecule has 2 rings (SSSR count). The number of aryl methyl sites for hydroxylation is 2. The van der Waals surface area contributed by atoms with Gasteiger partial charge in [0.05, 0.1) is 10.6 Å². The Morgan fingerprint density at radius 1 is 1.30 bits per heavy atom. The molecule has 1 heterocycles. The lowest BCUT2D eigenvalue weighted by Crippen LogP contribution is -2.12. The Hall–Kier alpha value is -0.920. The van der Waals surface area contributed by atoms with Gasteiger partial charge in [-0.05, 0) is 31.0 Å². The lowest BCUT2D eigenvalue weighted by Gasteiger charge is -2.05. The monoisotopic (exact) mass is 374 g/mol. The summed E-state index contributed by atoms with van der Waals surface area (Å²) in [6.07, 6.45) is 0.796. The number of nitrogens with zero attached hydrogens (tertiary/aromatic N) is 1. The molecule has 0 aliphatic rings. The van der Waals surface area contributed by atoms with E-state index in [-0.39, 0.29) is 4.90 Å². The molecule has 7 heteroatoms. The molecule has 2 aromatic rings. The Kier molecular flexibility index (Phi) is 4.82. The van der Waals surface area contributed by atoms with E-state index in [4.69, 9.17) is 0 Å². The van der Waals surface area contributed by atoms with E-state index in [2.05, 4.69) is 25.6 Å². The highest BCUT2D eigenvalue weighted by Gasteiger charge is 2.17. The van der Waals surface area contributed by atoms with Crippen LogP contribution < -0.4 is 4.72 Å². The minimum absolute atomic E-state index is 0.244. The van der Waals surface area contributed by atoms with Gasteiger partial charge in [0.25, 0.3) is 10.0 Å². The summed E-state index contributed by atoms with van der Waals surface area (Å²) in [6.45, 7) is 3.94. The Morgan fingerprint density at radius 3 is 2.45 bits per heavy atom. The van der Waals surface area contributed by atoms with Crippen molar-refractivity contribution < 1.29 is 8.42 Å². The highest BCUT2D eigenvalue weighted by Crippen LogP contribution is 2.25. The van der Waals surface area contributed by atoms with Crippen LogP contribution in [0.1, 0.15) is 23.1 Å². The first-order valence-electron chi connectivity index (χ1n) is 6.10. The van der Waals surface area contributed by atoms with Gasteiger partial charge in [0, 0.05) is 10.2 Å². The number of hydrogen-bond donors (Lipinski definition) is 1. The van der Waals surface area contributed by atoms with Gasteiger partial charge in [-0.2, -0.15) is 0 Å². The average Bonchev–Trinajstić information content (AvgIpc) is 2.78. The van der Waals surface area contributed by atoms with Crippen LogP contribution in [0.3, 0.4) is 0 Å². The maximum atomic E-state index is 12.3. The molecule has 0 atom stereocenters. The summed E-state index contributed by atoms with van der Waals surface area (Å²) in [4.78, 5) is 5.58. The molecule has 0 bridgehead atoms. The van der Waals surface area contributed by atoms with Gasteiger partial charge in [-0.25, -0.2) is 13.4 Å². The summed E-state index contributed by atoms with van der Waals surface area (Å²) < 4.78 is 27.0. The third kappa shape index (κ3) is 3.39. The van der Waals surface area contributed by atoms with Crippen LogP contribution in [-0.4, -0.2) is 13.4 Å². The Balaban J connectivity index is 2.25. The fourth-order valence-electron chi connectivity index (χ4n) is 1.73. The van der Waals surface area contributed by atoms with Gasteiger partial charge in [-0.1, -0.05) is 35.0 Å². The standard InChI is InChI=1S/C13H15BrN2O2S2/c1-3-12-9(2)19-13(15-12)16-20(17,18)11-6-4-10(8-14)5-7-11/h4-7H,3,8H2,1-2H3,(H,15,16). The van der Waals surface area contributed by atoms with Gasteiger partial charge in [0.2, 0.25) is 0 Å². The van der Waals surface area contributed by atoms with E-state index < -0.39 is 10.0 Å². The molecular weight excluding hydrogens is 360 g/mol. The number of aromatic nitrogens is 1. The highest BCUT2D eigenvalue weighted by molar-refractivity contribution is 9.08. The molecule has 0 fully saturated rings. The molecule has 1 aromatic carbocycles. The maximum absolute atomic E-state index is 12.3. The smallest absolute Gasteiger partial charge is 0.255 e. The molecule has 1 aromatic heterocycles. The molecule has 0 saturated carbocycles. The minimum Gasteiger partial charge on any atom is -0.255 e. The zero-order valence-electron chi connectivity index (χ0n) is 11.2. The quantitative estimate of drug-likeness (QED) is 0.811. The summed E-state index contributed by atoms with van der Waals surface area (Å²) in [5.74, 6) is 0. The van der Waals surface area contributed by atoms with Crippen molar-refractivity contribution in [3.8, 4) is 0 Å². The Bertz CT molecular complexity index is 694. The normalized spacial score (nSPS) is 11.6. The van der Waals surface area contributed by atoms with Crippen LogP contribution in [0.2, 0.25) is 0 Å². The number of hydrogen-bond acceptors (Lipinski definition) is 4. The number of benzene rings is 1. The summed E-state index contributed by atoms with van der Waals surface area (Å²) in [7, 11) is -3.57. The fraction of sp³-hybridized carbons (Fsp3) is 0.308. The van der Waals surface area contributed by atoms with Crippen molar-refractivity contribution in [1.29, 1.82) is 0 Å². The molecule has 0 amide bonds. The zero-order valence-corrected chi connectivity index (χ0v) is 14.4. The number of halogens is 1. The number of nitrogens with one attached hydrogen (secondary N) is 1. The molecule has 0 saturated heterocycles. The van der Waals surface area contributed by atoms with Crippen molar-refractivity contribution in [2.24, 2.45) is 0 Å². The largest absolute Gasteiger partial charge is 0.263 e. The van der Waals surface area contributed by atoms with Crippen LogP contribution in [0.4, 0.5) is 5.13 Å². The second kappa shape index (κ2) is 6.24. The van der Waals surface area contributed by atoms with Crippen LogP contribution in [-0.2, 0) is 21.8 Å². The van der Waals surface area contributed by atoms with Crippen LogP contribution in [0.25, 0.3) is 0 Å². The van der Waals surface area contributed by atoms with Crippen molar-refractivity contribution >= 4 is 42.4 Å². The number of alkyl halides is 1. The topological polar surface area (TPSA) is 59.1 Å². The lowest BCUT2D eigenvalue weighted by atomic mass is 10.2. The molecule has 20 heavy (non-hydrogen) atoms. The highest BCUT2D eigenvalue weighted by atomic mass is 79.9. The van der Waals surface area contributed by atoms with Crippen LogP contribution in [0.5, 0.6) is 0 Å². The lowest BCUT2D eigenvalue weighted by molar-refractivity contribution is 0.601. The molecular formula is C13H15BrN2O2S2. The van der Waals surface area contributed by atoms with E-state index in [0.29, 0.717) is 10.5 Å². The average molecular weight is 375 g/mol. The van der Waals surface area contributed by atoms with E-state index in [1.165, 1.54) is 11.3 Å². The molecule has 0 unspecified atom stereocenters. The number of sulfonamides is 1. The molecule has 0 spiro atoms. The van der Waals surface area contributed by atoms with Gasteiger partial charge in [0.1, 0.15) is 0 Å². The number of anilines is 1. The maximum Gasteiger partial charge on any atom is 0.263 e. The first kappa shape index (κ1) is 15.5. The summed E-state index contributed by atoms with van der Waals surface area (Å²) in [5, 5.41) is 1.12. The van der Waals surface area contributed by atoms with Gasteiger partial charge in [0.15, 0.2) is 5.13 Å². The fourth-order valence-corrected chi connectivity index (χ4v) is 4.24. The number of rotatable bonds is 5. The Labute approximate surface area is 131 Å². The summed E-state index contributed by atoms with van der Waals surface area (Å²) in [6, 6.07) is 6.77. The summed E-state index contributed by atoms with van der Waals surface area (Å²) in [5.41, 5.74) is 1.96.